The number of ether oxygens (including phenoxy) is 1. The van der Waals surface area contributed by atoms with E-state index in [1.165, 1.54) is 6.33 Å². The van der Waals surface area contributed by atoms with Crippen LogP contribution in [0.4, 0.5) is 11.5 Å². The molecule has 1 aliphatic carbocycles. The van der Waals surface area contributed by atoms with Gasteiger partial charge in [-0.25, -0.2) is 9.97 Å². The molecule has 10 heteroatoms. The van der Waals surface area contributed by atoms with Crippen LogP contribution in [0.25, 0.3) is 21.9 Å². The SMILES string of the molecule is COc1cc2[nH]ncc2cc1Nc1ncnc2[nH]c3c(c12)C[C@@H](C(=O)O)CC3.Cl. The van der Waals surface area contributed by atoms with E-state index in [0.717, 1.165) is 33.2 Å². The van der Waals surface area contributed by atoms with Crippen LogP contribution in [0, 0.1) is 5.92 Å². The highest BCUT2D eigenvalue weighted by molar-refractivity contribution is 5.95. The van der Waals surface area contributed by atoms with Crippen LogP contribution in [0.3, 0.4) is 0 Å². The van der Waals surface area contributed by atoms with Crippen molar-refractivity contribution in [3.63, 3.8) is 0 Å². The third-order valence-corrected chi connectivity index (χ3v) is 5.34. The molecule has 1 aliphatic rings. The monoisotopic (exact) mass is 414 g/mol. The van der Waals surface area contributed by atoms with Crippen LogP contribution in [0.15, 0.2) is 24.7 Å². The Morgan fingerprint density at radius 3 is 3.00 bits per heavy atom. The molecule has 5 rings (SSSR count). The summed E-state index contributed by atoms with van der Waals surface area (Å²) >= 11 is 0. The number of fused-ring (bicyclic) bond motifs is 4. The number of H-pyrrole nitrogens is 2. The van der Waals surface area contributed by atoms with E-state index >= 15 is 0 Å². The highest BCUT2D eigenvalue weighted by Gasteiger charge is 2.29. The maximum absolute atomic E-state index is 11.5. The quantitative estimate of drug-likeness (QED) is 0.403. The van der Waals surface area contributed by atoms with Crippen molar-refractivity contribution in [2.45, 2.75) is 19.3 Å². The first-order valence-electron chi connectivity index (χ1n) is 8.99. The van der Waals surface area contributed by atoms with Crippen molar-refractivity contribution in [1.82, 2.24) is 25.1 Å². The van der Waals surface area contributed by atoms with Crippen LogP contribution >= 0.6 is 12.4 Å². The number of nitrogens with one attached hydrogen (secondary N) is 3. The second-order valence-corrected chi connectivity index (χ2v) is 6.94. The van der Waals surface area contributed by atoms with Crippen LogP contribution < -0.4 is 10.1 Å². The molecule has 150 valence electrons. The van der Waals surface area contributed by atoms with Gasteiger partial charge < -0.3 is 20.1 Å². The minimum atomic E-state index is -0.765. The smallest absolute Gasteiger partial charge is 0.306 e. The number of anilines is 2. The number of methoxy groups -OCH3 is 1. The molecule has 1 aromatic carbocycles. The summed E-state index contributed by atoms with van der Waals surface area (Å²) < 4.78 is 5.51. The van der Waals surface area contributed by atoms with Gasteiger partial charge in [0, 0.05) is 17.1 Å². The van der Waals surface area contributed by atoms with Gasteiger partial charge in [-0.2, -0.15) is 5.10 Å². The topological polar surface area (TPSA) is 129 Å². The molecule has 0 unspecified atom stereocenters. The van der Waals surface area contributed by atoms with Crippen LogP contribution in [0.2, 0.25) is 0 Å². The molecular weight excluding hydrogens is 396 g/mol. The van der Waals surface area contributed by atoms with Crippen molar-refractivity contribution in [3.05, 3.63) is 35.9 Å². The number of hydrogen-bond acceptors (Lipinski definition) is 6. The predicted octanol–water partition coefficient (Wildman–Crippen LogP) is 3.20. The largest absolute Gasteiger partial charge is 0.494 e. The number of rotatable bonds is 4. The van der Waals surface area contributed by atoms with E-state index in [9.17, 15) is 9.90 Å². The Bertz CT molecular complexity index is 1220. The summed E-state index contributed by atoms with van der Waals surface area (Å²) in [5, 5.41) is 21.5. The van der Waals surface area contributed by atoms with Crippen molar-refractivity contribution in [2.75, 3.05) is 12.4 Å². The number of aliphatic carboxylic acids is 1. The predicted molar refractivity (Wildman–Crippen MR) is 110 cm³/mol. The number of hydrogen-bond donors (Lipinski definition) is 4. The molecule has 3 aromatic heterocycles. The van der Waals surface area contributed by atoms with E-state index in [-0.39, 0.29) is 12.4 Å². The number of aromatic amines is 2. The van der Waals surface area contributed by atoms with Gasteiger partial charge in [-0.05, 0) is 30.9 Å². The molecule has 4 aromatic rings. The maximum atomic E-state index is 11.5. The van der Waals surface area contributed by atoms with Gasteiger partial charge in [0.15, 0.2) is 0 Å². The van der Waals surface area contributed by atoms with Crippen molar-refractivity contribution in [2.24, 2.45) is 5.92 Å². The van der Waals surface area contributed by atoms with Crippen molar-refractivity contribution >= 4 is 51.8 Å². The Morgan fingerprint density at radius 2 is 2.21 bits per heavy atom. The fourth-order valence-corrected chi connectivity index (χ4v) is 3.91. The zero-order chi connectivity index (χ0) is 19.3. The number of carboxylic acid groups (broad SMARTS) is 1. The van der Waals surface area contributed by atoms with Gasteiger partial charge in [-0.15, -0.1) is 12.4 Å². The first kappa shape index (κ1) is 19.0. The molecule has 0 bridgehead atoms. The third-order valence-electron chi connectivity index (χ3n) is 5.34. The molecule has 0 amide bonds. The second-order valence-electron chi connectivity index (χ2n) is 6.94. The summed E-state index contributed by atoms with van der Waals surface area (Å²) in [4.78, 5) is 23.6. The average molecular weight is 415 g/mol. The molecule has 0 aliphatic heterocycles. The van der Waals surface area contributed by atoms with Gasteiger partial charge in [-0.3, -0.25) is 9.89 Å². The van der Waals surface area contributed by atoms with E-state index in [2.05, 4.69) is 30.5 Å². The Labute approximate surface area is 171 Å². The number of halogens is 1. The lowest BCUT2D eigenvalue weighted by Crippen LogP contribution is -2.21. The van der Waals surface area contributed by atoms with E-state index in [1.54, 1.807) is 13.3 Å². The van der Waals surface area contributed by atoms with E-state index < -0.39 is 11.9 Å². The zero-order valence-corrected chi connectivity index (χ0v) is 16.3. The molecule has 9 nitrogen and oxygen atoms in total. The van der Waals surface area contributed by atoms with Gasteiger partial charge in [-0.1, -0.05) is 0 Å². The first-order chi connectivity index (χ1) is 13.6. The fourth-order valence-electron chi connectivity index (χ4n) is 3.91. The summed E-state index contributed by atoms with van der Waals surface area (Å²) in [6, 6.07) is 3.81. The Hall–Kier alpha value is -3.33. The number of nitrogens with zero attached hydrogens (tertiary/aromatic N) is 3. The van der Waals surface area contributed by atoms with Crippen LogP contribution in [0.5, 0.6) is 5.75 Å². The normalized spacial score (nSPS) is 15.7. The first-order valence-corrected chi connectivity index (χ1v) is 8.99. The average Bonchev–Trinajstić information content (AvgIpc) is 3.30. The summed E-state index contributed by atoms with van der Waals surface area (Å²) in [5.41, 5.74) is 4.33. The zero-order valence-electron chi connectivity index (χ0n) is 15.5. The lowest BCUT2D eigenvalue weighted by Gasteiger charge is -2.19. The Morgan fingerprint density at radius 1 is 1.34 bits per heavy atom. The lowest BCUT2D eigenvalue weighted by molar-refractivity contribution is -0.142. The summed E-state index contributed by atoms with van der Waals surface area (Å²) in [6.07, 6.45) is 5.00. The fraction of sp³-hybridized carbons (Fsp3) is 0.263. The second kappa shape index (κ2) is 7.25. The molecule has 0 saturated heterocycles. The van der Waals surface area contributed by atoms with Crippen LogP contribution in [-0.2, 0) is 17.6 Å². The summed E-state index contributed by atoms with van der Waals surface area (Å²) in [5.74, 6) is 0.112. The molecule has 0 fully saturated rings. The van der Waals surface area contributed by atoms with Crippen LogP contribution in [0.1, 0.15) is 17.7 Å². The molecule has 3 heterocycles. The van der Waals surface area contributed by atoms with Crippen molar-refractivity contribution in [3.8, 4) is 5.75 Å². The van der Waals surface area contributed by atoms with Gasteiger partial charge in [0.1, 0.15) is 23.5 Å². The molecule has 4 N–H and O–H groups in total. The lowest BCUT2D eigenvalue weighted by atomic mass is 9.86. The van der Waals surface area contributed by atoms with E-state index in [1.807, 2.05) is 12.1 Å². The third kappa shape index (κ3) is 3.13. The number of benzene rings is 1. The van der Waals surface area contributed by atoms with Crippen molar-refractivity contribution in [1.29, 1.82) is 0 Å². The van der Waals surface area contributed by atoms with E-state index in [4.69, 9.17) is 4.74 Å². The van der Waals surface area contributed by atoms with Gasteiger partial charge in [0.2, 0.25) is 0 Å². The number of aryl methyl sites for hydroxylation is 1. The minimum absolute atomic E-state index is 0. The van der Waals surface area contributed by atoms with E-state index in [0.29, 0.717) is 36.5 Å². The summed E-state index contributed by atoms with van der Waals surface area (Å²) in [7, 11) is 1.61. The molecule has 0 saturated carbocycles. The summed E-state index contributed by atoms with van der Waals surface area (Å²) in [6.45, 7) is 0. The highest BCUT2D eigenvalue weighted by Crippen LogP contribution is 2.37. The number of carbonyl (C=O) groups is 1. The Kier molecular flexibility index (Phi) is 4.75. The molecular formula is C19H19ClN6O3. The van der Waals surface area contributed by atoms with Gasteiger partial charge in [0.25, 0.3) is 0 Å². The maximum Gasteiger partial charge on any atom is 0.306 e. The molecule has 0 spiro atoms. The standard InChI is InChI=1S/C19H18N6O3.ClH/c1-28-15-6-13-10(7-22-25-13)5-14(15)24-18-16-11-4-9(19(26)27)2-3-12(11)23-17(16)20-8-21-18;/h5-9H,2-4H2,1H3,(H,22,25)(H,26,27)(H2,20,21,23,24);1H/t9-;/m0./s1. The molecule has 0 radical (unpaired) electrons. The molecule has 29 heavy (non-hydrogen) atoms. The van der Waals surface area contributed by atoms with Gasteiger partial charge >= 0.3 is 5.97 Å². The molecule has 1 atom stereocenters. The highest BCUT2D eigenvalue weighted by atomic mass is 35.5. The van der Waals surface area contributed by atoms with Crippen LogP contribution in [-0.4, -0.2) is 43.3 Å². The van der Waals surface area contributed by atoms with Crippen molar-refractivity contribution < 1.29 is 14.6 Å². The van der Waals surface area contributed by atoms with Gasteiger partial charge in [0.05, 0.1) is 35.8 Å². The number of carboxylic acids is 1. The minimum Gasteiger partial charge on any atom is -0.494 e. The Balaban J connectivity index is 0.00000205. The number of aromatic nitrogens is 5.